The first-order valence-electron chi connectivity index (χ1n) is 7.13. The van der Waals surface area contributed by atoms with Gasteiger partial charge in [-0.05, 0) is 19.4 Å². The molecule has 0 radical (unpaired) electrons. The van der Waals surface area contributed by atoms with Crippen molar-refractivity contribution in [3.8, 4) is 0 Å². The van der Waals surface area contributed by atoms with Crippen molar-refractivity contribution in [1.82, 2.24) is 10.2 Å². The van der Waals surface area contributed by atoms with Crippen LogP contribution in [0, 0.1) is 0 Å². The summed E-state index contributed by atoms with van der Waals surface area (Å²) in [4.78, 5) is 24.1. The van der Waals surface area contributed by atoms with E-state index in [0.717, 1.165) is 10.5 Å². The molecule has 0 aliphatic carbocycles. The highest BCUT2D eigenvalue weighted by Gasteiger charge is 2.27. The van der Waals surface area contributed by atoms with E-state index in [4.69, 9.17) is 9.84 Å². The Morgan fingerprint density at radius 3 is 2.22 bits per heavy atom. The van der Waals surface area contributed by atoms with Gasteiger partial charge >= 0.3 is 12.1 Å². The molecule has 0 saturated heterocycles. The molecular formula is C15H22N2O6. The number of carbonyl (C=O) groups excluding carboxylic acids is 1. The Bertz CT molecular complexity index is 498. The van der Waals surface area contributed by atoms with E-state index in [9.17, 15) is 19.8 Å². The minimum Gasteiger partial charge on any atom is -0.480 e. The zero-order valence-corrected chi connectivity index (χ0v) is 13.0. The van der Waals surface area contributed by atoms with Crippen molar-refractivity contribution in [2.45, 2.75) is 39.0 Å². The summed E-state index contributed by atoms with van der Waals surface area (Å²) in [5, 5.41) is 30.4. The van der Waals surface area contributed by atoms with Gasteiger partial charge in [-0.3, -0.25) is 4.90 Å². The maximum absolute atomic E-state index is 11.7. The van der Waals surface area contributed by atoms with Crippen LogP contribution in [0.4, 0.5) is 4.79 Å². The van der Waals surface area contributed by atoms with Crippen molar-refractivity contribution >= 4 is 12.1 Å². The second-order valence-electron chi connectivity index (χ2n) is 5.06. The van der Waals surface area contributed by atoms with Gasteiger partial charge in [0.05, 0.1) is 0 Å². The fourth-order valence-corrected chi connectivity index (χ4v) is 1.92. The van der Waals surface area contributed by atoms with Crippen LogP contribution in [0.1, 0.15) is 19.4 Å². The maximum Gasteiger partial charge on any atom is 0.408 e. The van der Waals surface area contributed by atoms with E-state index >= 15 is 0 Å². The first kappa shape index (κ1) is 18.9. The molecule has 0 aliphatic heterocycles. The number of carbonyl (C=O) groups is 2. The Balaban J connectivity index is 2.57. The fourth-order valence-electron chi connectivity index (χ4n) is 1.92. The van der Waals surface area contributed by atoms with E-state index in [0.29, 0.717) is 0 Å². The highest BCUT2D eigenvalue weighted by molar-refractivity contribution is 5.80. The summed E-state index contributed by atoms with van der Waals surface area (Å²) in [5.74, 6) is -1.30. The van der Waals surface area contributed by atoms with Crippen molar-refractivity contribution in [2.24, 2.45) is 0 Å². The Hall–Kier alpha value is -2.16. The SMILES string of the molecule is C[C@H](O)N(C[C@H](NC(=O)OCc1ccccc1)C(=O)O)[C@@H](C)O. The van der Waals surface area contributed by atoms with Crippen LogP contribution in [0.15, 0.2) is 30.3 Å². The van der Waals surface area contributed by atoms with E-state index in [1.807, 2.05) is 6.07 Å². The molecule has 0 saturated carbocycles. The highest BCUT2D eigenvalue weighted by atomic mass is 16.5. The molecule has 8 heteroatoms. The summed E-state index contributed by atoms with van der Waals surface area (Å²) in [6, 6.07) is 7.61. The smallest absolute Gasteiger partial charge is 0.408 e. The summed E-state index contributed by atoms with van der Waals surface area (Å²) in [5.41, 5.74) is 0.768. The maximum atomic E-state index is 11.7. The Morgan fingerprint density at radius 2 is 1.74 bits per heavy atom. The van der Waals surface area contributed by atoms with Gasteiger partial charge < -0.3 is 25.4 Å². The zero-order valence-electron chi connectivity index (χ0n) is 13.0. The monoisotopic (exact) mass is 326 g/mol. The third-order valence-corrected chi connectivity index (χ3v) is 3.16. The van der Waals surface area contributed by atoms with Crippen molar-refractivity contribution in [1.29, 1.82) is 0 Å². The Morgan fingerprint density at radius 1 is 1.17 bits per heavy atom. The van der Waals surface area contributed by atoms with E-state index in [1.165, 1.54) is 13.8 Å². The van der Waals surface area contributed by atoms with Crippen LogP contribution in [-0.2, 0) is 16.1 Å². The van der Waals surface area contributed by atoms with Crippen molar-refractivity contribution in [3.05, 3.63) is 35.9 Å². The molecule has 1 aromatic carbocycles. The number of rotatable bonds is 8. The fraction of sp³-hybridized carbons (Fsp3) is 0.467. The molecule has 0 heterocycles. The van der Waals surface area contributed by atoms with Gasteiger partial charge in [0.2, 0.25) is 0 Å². The molecule has 3 atom stereocenters. The number of alkyl carbamates (subject to hydrolysis) is 1. The number of amides is 1. The lowest BCUT2D eigenvalue weighted by Crippen LogP contribution is -2.53. The van der Waals surface area contributed by atoms with Crippen LogP contribution in [0.2, 0.25) is 0 Å². The van der Waals surface area contributed by atoms with Gasteiger partial charge in [0.15, 0.2) is 0 Å². The Labute approximate surface area is 134 Å². The summed E-state index contributed by atoms with van der Waals surface area (Å²) in [7, 11) is 0. The van der Waals surface area contributed by atoms with E-state index in [-0.39, 0.29) is 13.2 Å². The molecule has 0 aliphatic rings. The standard InChI is InChI=1S/C15H22N2O6/c1-10(18)17(11(2)19)8-13(14(20)21)16-15(22)23-9-12-6-4-3-5-7-12/h3-7,10-11,13,18-19H,8-9H2,1-2H3,(H,16,22)(H,20,21)/t10-,11+,13-/m0/s1. The molecule has 23 heavy (non-hydrogen) atoms. The number of aliphatic hydroxyl groups excluding tert-OH is 2. The molecule has 1 aromatic rings. The van der Waals surface area contributed by atoms with Gasteiger partial charge in [-0.25, -0.2) is 9.59 Å². The minimum absolute atomic E-state index is 0.00946. The second kappa shape index (κ2) is 9.09. The lowest BCUT2D eigenvalue weighted by molar-refractivity contribution is -0.143. The third kappa shape index (κ3) is 6.64. The Kier molecular flexibility index (Phi) is 7.46. The van der Waals surface area contributed by atoms with E-state index in [1.54, 1.807) is 24.3 Å². The number of aliphatic hydroxyl groups is 2. The molecule has 1 amide bonds. The first-order chi connectivity index (χ1) is 10.8. The molecule has 0 fully saturated rings. The lowest BCUT2D eigenvalue weighted by Gasteiger charge is -2.30. The quantitative estimate of drug-likeness (QED) is 0.509. The highest BCUT2D eigenvalue weighted by Crippen LogP contribution is 2.05. The number of ether oxygens (including phenoxy) is 1. The molecule has 0 bridgehead atoms. The van der Waals surface area contributed by atoms with Crippen LogP contribution in [0.5, 0.6) is 0 Å². The van der Waals surface area contributed by atoms with Crippen LogP contribution in [0.3, 0.4) is 0 Å². The van der Waals surface area contributed by atoms with Crippen LogP contribution in [-0.4, -0.2) is 57.3 Å². The summed E-state index contributed by atoms with van der Waals surface area (Å²) < 4.78 is 4.95. The first-order valence-corrected chi connectivity index (χ1v) is 7.13. The van der Waals surface area contributed by atoms with E-state index in [2.05, 4.69) is 5.32 Å². The predicted octanol–water partition coefficient (Wildman–Crippen LogP) is 0.345. The number of aliphatic carboxylic acids is 1. The second-order valence-corrected chi connectivity index (χ2v) is 5.06. The van der Waals surface area contributed by atoms with Crippen molar-refractivity contribution in [2.75, 3.05) is 6.54 Å². The molecule has 0 aromatic heterocycles. The van der Waals surface area contributed by atoms with Gasteiger partial charge in [-0.15, -0.1) is 0 Å². The predicted molar refractivity (Wildman–Crippen MR) is 81.3 cm³/mol. The number of carboxylic acids is 1. The number of hydrogen-bond donors (Lipinski definition) is 4. The van der Waals surface area contributed by atoms with Gasteiger partial charge in [0.1, 0.15) is 25.1 Å². The van der Waals surface area contributed by atoms with E-state index < -0.39 is 30.6 Å². The van der Waals surface area contributed by atoms with Crippen molar-refractivity contribution in [3.63, 3.8) is 0 Å². The van der Waals surface area contributed by atoms with Crippen LogP contribution >= 0.6 is 0 Å². The van der Waals surface area contributed by atoms with Gasteiger partial charge in [-0.1, -0.05) is 30.3 Å². The molecule has 128 valence electrons. The van der Waals surface area contributed by atoms with Gasteiger partial charge in [0.25, 0.3) is 0 Å². The molecule has 4 N–H and O–H groups in total. The topological polar surface area (TPSA) is 119 Å². The van der Waals surface area contributed by atoms with Crippen LogP contribution < -0.4 is 5.32 Å². The minimum atomic E-state index is -1.33. The molecular weight excluding hydrogens is 304 g/mol. The molecule has 8 nitrogen and oxygen atoms in total. The number of hydrogen-bond acceptors (Lipinski definition) is 6. The largest absolute Gasteiger partial charge is 0.480 e. The zero-order chi connectivity index (χ0) is 17.4. The molecule has 0 unspecified atom stereocenters. The number of nitrogens with zero attached hydrogens (tertiary/aromatic N) is 1. The third-order valence-electron chi connectivity index (χ3n) is 3.16. The number of benzene rings is 1. The van der Waals surface area contributed by atoms with Gasteiger partial charge in [0, 0.05) is 6.54 Å². The normalized spacial score (nSPS) is 14.8. The average molecular weight is 326 g/mol. The average Bonchev–Trinajstić information content (AvgIpc) is 2.49. The van der Waals surface area contributed by atoms with Gasteiger partial charge in [-0.2, -0.15) is 0 Å². The summed E-state index contributed by atoms with van der Waals surface area (Å²) in [6.07, 6.45) is -3.03. The number of nitrogens with one attached hydrogen (secondary N) is 1. The summed E-state index contributed by atoms with van der Waals surface area (Å²) >= 11 is 0. The molecule has 1 rings (SSSR count). The molecule has 0 spiro atoms. The number of carboxylic acid groups (broad SMARTS) is 1. The van der Waals surface area contributed by atoms with Crippen LogP contribution in [0.25, 0.3) is 0 Å². The summed E-state index contributed by atoms with van der Waals surface area (Å²) in [6.45, 7) is 2.51. The van der Waals surface area contributed by atoms with Crippen molar-refractivity contribution < 1.29 is 29.6 Å². The lowest BCUT2D eigenvalue weighted by atomic mass is 10.2.